The van der Waals surface area contributed by atoms with E-state index in [9.17, 15) is 0 Å². The maximum absolute atomic E-state index is 5.59. The van der Waals surface area contributed by atoms with E-state index in [2.05, 4.69) is 4.98 Å². The van der Waals surface area contributed by atoms with Crippen LogP contribution in [0.3, 0.4) is 0 Å². The first-order valence-electron chi connectivity index (χ1n) is 5.03. The molecule has 17 heavy (non-hydrogen) atoms. The molecule has 1 aromatic carbocycles. The van der Waals surface area contributed by atoms with Gasteiger partial charge in [0.1, 0.15) is 5.76 Å². The Morgan fingerprint density at radius 2 is 1.82 bits per heavy atom. The van der Waals surface area contributed by atoms with Gasteiger partial charge in [0.2, 0.25) is 5.89 Å². The second-order valence-electron chi connectivity index (χ2n) is 3.43. The van der Waals surface area contributed by atoms with Gasteiger partial charge in [-0.15, -0.1) is 24.8 Å². The third-order valence-corrected chi connectivity index (χ3v) is 2.29. The van der Waals surface area contributed by atoms with Crippen molar-refractivity contribution in [3.05, 3.63) is 41.8 Å². The van der Waals surface area contributed by atoms with Crippen molar-refractivity contribution in [2.24, 2.45) is 5.73 Å². The lowest BCUT2D eigenvalue weighted by molar-refractivity contribution is 0.539. The molecule has 0 saturated heterocycles. The Hall–Kier alpha value is -1.03. The Bertz CT molecular complexity index is 443. The van der Waals surface area contributed by atoms with Crippen LogP contribution >= 0.6 is 24.8 Å². The zero-order chi connectivity index (χ0) is 10.7. The van der Waals surface area contributed by atoms with Crippen molar-refractivity contribution in [1.82, 2.24) is 4.98 Å². The molecular formula is C12H16Cl2N2O. The molecule has 1 heterocycles. The van der Waals surface area contributed by atoms with Crippen LogP contribution in [0.5, 0.6) is 0 Å². The fraction of sp³-hybridized carbons (Fsp3) is 0.250. The molecule has 0 aliphatic rings. The standard InChI is InChI=1S/C12H14N2O.2ClH/c1-9-11(7-8-13)14-12(15-9)10-5-3-2-4-6-10;;/h2-6H,7-8,13H2,1H3;2*1H. The Kier molecular flexibility index (Phi) is 6.88. The van der Waals surface area contributed by atoms with Crippen LogP contribution in [0.2, 0.25) is 0 Å². The lowest BCUT2D eigenvalue weighted by Gasteiger charge is -1.92. The molecular weight excluding hydrogens is 259 g/mol. The summed E-state index contributed by atoms with van der Waals surface area (Å²) in [5, 5.41) is 0. The second kappa shape index (κ2) is 7.33. The van der Waals surface area contributed by atoms with Crippen LogP contribution in [-0.2, 0) is 6.42 Å². The zero-order valence-corrected chi connectivity index (χ0v) is 11.2. The maximum Gasteiger partial charge on any atom is 0.226 e. The molecule has 0 atom stereocenters. The summed E-state index contributed by atoms with van der Waals surface area (Å²) < 4.78 is 5.59. The van der Waals surface area contributed by atoms with Gasteiger partial charge in [-0.2, -0.15) is 0 Å². The minimum Gasteiger partial charge on any atom is -0.441 e. The summed E-state index contributed by atoms with van der Waals surface area (Å²) >= 11 is 0. The number of benzene rings is 1. The smallest absolute Gasteiger partial charge is 0.226 e. The first kappa shape index (κ1) is 16.0. The van der Waals surface area contributed by atoms with Crippen LogP contribution in [0, 0.1) is 6.92 Å². The molecule has 0 amide bonds. The molecule has 0 aliphatic carbocycles. The molecule has 94 valence electrons. The summed E-state index contributed by atoms with van der Waals surface area (Å²) in [7, 11) is 0. The molecule has 0 saturated carbocycles. The summed E-state index contributed by atoms with van der Waals surface area (Å²) in [6.45, 7) is 2.52. The van der Waals surface area contributed by atoms with E-state index in [0.29, 0.717) is 12.4 Å². The van der Waals surface area contributed by atoms with Gasteiger partial charge in [-0.3, -0.25) is 0 Å². The fourth-order valence-electron chi connectivity index (χ4n) is 1.50. The average Bonchev–Trinajstić information content (AvgIpc) is 2.63. The van der Waals surface area contributed by atoms with E-state index in [1.54, 1.807) is 0 Å². The number of nitrogens with zero attached hydrogens (tertiary/aromatic N) is 1. The maximum atomic E-state index is 5.59. The van der Waals surface area contributed by atoms with Crippen LogP contribution in [0.4, 0.5) is 0 Å². The van der Waals surface area contributed by atoms with Crippen LogP contribution in [0.1, 0.15) is 11.5 Å². The second-order valence-corrected chi connectivity index (χ2v) is 3.43. The van der Waals surface area contributed by atoms with Crippen molar-refractivity contribution >= 4 is 24.8 Å². The number of rotatable bonds is 3. The van der Waals surface area contributed by atoms with E-state index in [1.165, 1.54) is 0 Å². The van der Waals surface area contributed by atoms with Gasteiger partial charge in [0.05, 0.1) is 5.69 Å². The fourth-order valence-corrected chi connectivity index (χ4v) is 1.50. The lowest BCUT2D eigenvalue weighted by atomic mass is 10.2. The van der Waals surface area contributed by atoms with Gasteiger partial charge in [0.15, 0.2) is 0 Å². The van der Waals surface area contributed by atoms with Crippen LogP contribution in [-0.4, -0.2) is 11.5 Å². The zero-order valence-electron chi connectivity index (χ0n) is 9.55. The number of nitrogens with two attached hydrogens (primary N) is 1. The van der Waals surface area contributed by atoms with E-state index < -0.39 is 0 Å². The molecule has 2 rings (SSSR count). The topological polar surface area (TPSA) is 52.0 Å². The van der Waals surface area contributed by atoms with E-state index in [0.717, 1.165) is 23.4 Å². The molecule has 0 radical (unpaired) electrons. The number of halogens is 2. The minimum atomic E-state index is 0. The molecule has 1 aromatic heterocycles. The number of hydrogen-bond acceptors (Lipinski definition) is 3. The van der Waals surface area contributed by atoms with Gasteiger partial charge < -0.3 is 10.2 Å². The van der Waals surface area contributed by atoms with Crippen molar-refractivity contribution in [3.63, 3.8) is 0 Å². The number of oxazole rings is 1. The average molecular weight is 275 g/mol. The number of hydrogen-bond donors (Lipinski definition) is 1. The van der Waals surface area contributed by atoms with Gasteiger partial charge in [0.25, 0.3) is 0 Å². The van der Waals surface area contributed by atoms with Crippen LogP contribution < -0.4 is 5.73 Å². The predicted octanol–water partition coefficient (Wildman–Crippen LogP) is 2.99. The Morgan fingerprint density at radius 3 is 2.41 bits per heavy atom. The first-order chi connectivity index (χ1) is 7.31. The largest absolute Gasteiger partial charge is 0.441 e. The molecule has 2 aromatic rings. The van der Waals surface area contributed by atoms with E-state index in [1.807, 2.05) is 37.3 Å². The Balaban J connectivity index is 0.00000128. The molecule has 0 spiro atoms. The highest BCUT2D eigenvalue weighted by Crippen LogP contribution is 2.21. The molecule has 0 unspecified atom stereocenters. The quantitative estimate of drug-likeness (QED) is 0.936. The molecule has 5 heteroatoms. The number of aromatic nitrogens is 1. The molecule has 0 fully saturated rings. The molecule has 0 bridgehead atoms. The summed E-state index contributed by atoms with van der Waals surface area (Å²) in [5.41, 5.74) is 7.45. The van der Waals surface area contributed by atoms with Gasteiger partial charge in [-0.1, -0.05) is 18.2 Å². The highest BCUT2D eigenvalue weighted by Gasteiger charge is 2.09. The number of aryl methyl sites for hydroxylation is 1. The highest BCUT2D eigenvalue weighted by molar-refractivity contribution is 5.85. The first-order valence-corrected chi connectivity index (χ1v) is 5.03. The van der Waals surface area contributed by atoms with E-state index in [-0.39, 0.29) is 24.8 Å². The van der Waals surface area contributed by atoms with Crippen molar-refractivity contribution in [1.29, 1.82) is 0 Å². The Labute approximate surface area is 113 Å². The van der Waals surface area contributed by atoms with Crippen molar-refractivity contribution in [2.45, 2.75) is 13.3 Å². The van der Waals surface area contributed by atoms with Gasteiger partial charge in [-0.05, 0) is 25.6 Å². The predicted molar refractivity (Wildman–Crippen MR) is 73.9 cm³/mol. The minimum absolute atomic E-state index is 0. The summed E-state index contributed by atoms with van der Waals surface area (Å²) in [6.07, 6.45) is 0.766. The Morgan fingerprint density at radius 1 is 1.18 bits per heavy atom. The summed E-state index contributed by atoms with van der Waals surface area (Å²) in [6, 6.07) is 9.88. The highest BCUT2D eigenvalue weighted by atomic mass is 35.5. The molecule has 0 aliphatic heterocycles. The normalized spacial score (nSPS) is 9.29. The SMILES string of the molecule is Cc1oc(-c2ccccc2)nc1CCN.Cl.Cl. The van der Waals surface area contributed by atoms with Crippen LogP contribution in [0.15, 0.2) is 34.7 Å². The van der Waals surface area contributed by atoms with Crippen molar-refractivity contribution in [2.75, 3.05) is 6.54 Å². The summed E-state index contributed by atoms with van der Waals surface area (Å²) in [4.78, 5) is 4.42. The third kappa shape index (κ3) is 3.73. The van der Waals surface area contributed by atoms with Crippen molar-refractivity contribution < 1.29 is 4.42 Å². The van der Waals surface area contributed by atoms with Gasteiger partial charge in [-0.25, -0.2) is 4.98 Å². The lowest BCUT2D eigenvalue weighted by Crippen LogP contribution is -2.03. The van der Waals surface area contributed by atoms with E-state index >= 15 is 0 Å². The van der Waals surface area contributed by atoms with E-state index in [4.69, 9.17) is 10.2 Å². The van der Waals surface area contributed by atoms with Gasteiger partial charge >= 0.3 is 0 Å². The third-order valence-electron chi connectivity index (χ3n) is 2.29. The monoisotopic (exact) mass is 274 g/mol. The molecule has 3 nitrogen and oxygen atoms in total. The van der Waals surface area contributed by atoms with Crippen molar-refractivity contribution in [3.8, 4) is 11.5 Å². The van der Waals surface area contributed by atoms with Crippen LogP contribution in [0.25, 0.3) is 11.5 Å². The molecule has 2 N–H and O–H groups in total. The van der Waals surface area contributed by atoms with Gasteiger partial charge in [0, 0.05) is 12.0 Å². The summed E-state index contributed by atoms with van der Waals surface area (Å²) in [5.74, 6) is 1.54.